The number of aliphatic hydroxyl groups is 2. The number of allylic oxidation sites excluding steroid dienone is 2. The first-order chi connectivity index (χ1) is 11.3. The zero-order chi connectivity index (χ0) is 18.2. The molecule has 0 aliphatic rings. The summed E-state index contributed by atoms with van der Waals surface area (Å²) in [5.41, 5.74) is 0.675. The van der Waals surface area contributed by atoms with Crippen molar-refractivity contribution in [2.45, 2.75) is 45.4 Å². The van der Waals surface area contributed by atoms with E-state index in [1.807, 2.05) is 12.2 Å². The van der Waals surface area contributed by atoms with Gasteiger partial charge in [0, 0.05) is 13.0 Å². The topological polar surface area (TPSA) is 99.0 Å². The summed E-state index contributed by atoms with van der Waals surface area (Å²) in [6.07, 6.45) is 5.15. The number of unbranched alkanes of at least 4 members (excludes halogenated alkanes) is 1. The summed E-state index contributed by atoms with van der Waals surface area (Å²) in [5.74, 6) is -2.50. The molecule has 0 aromatic heterocycles. The molecule has 0 spiro atoms. The van der Waals surface area contributed by atoms with Gasteiger partial charge < -0.3 is 25.4 Å². The normalized spacial score (nSPS) is 11.9. The maximum absolute atomic E-state index is 11.9. The molecular formula is C18H27NO5. The van der Waals surface area contributed by atoms with Gasteiger partial charge in [-0.15, -0.1) is 0 Å². The molecule has 1 rings (SSSR count). The number of rotatable bonds is 9. The number of methoxy groups -OCH3 is 1. The van der Waals surface area contributed by atoms with E-state index in [1.54, 1.807) is 12.1 Å². The summed E-state index contributed by atoms with van der Waals surface area (Å²) in [5, 5.41) is 31.7. The van der Waals surface area contributed by atoms with Crippen molar-refractivity contribution < 1.29 is 24.9 Å². The van der Waals surface area contributed by atoms with Crippen LogP contribution in [0.25, 0.3) is 0 Å². The highest BCUT2D eigenvalue weighted by atomic mass is 16.5. The summed E-state index contributed by atoms with van der Waals surface area (Å²) in [6.45, 7) is 4.22. The molecule has 1 aromatic carbocycles. The molecule has 0 heterocycles. The number of ether oxygens (including phenoxy) is 1. The van der Waals surface area contributed by atoms with Gasteiger partial charge in [0.2, 0.25) is 5.79 Å². The van der Waals surface area contributed by atoms with Gasteiger partial charge in [-0.05, 0) is 36.5 Å². The number of benzene rings is 1. The van der Waals surface area contributed by atoms with E-state index in [2.05, 4.69) is 19.2 Å². The molecule has 1 aromatic rings. The van der Waals surface area contributed by atoms with E-state index < -0.39 is 11.7 Å². The van der Waals surface area contributed by atoms with Gasteiger partial charge in [0.25, 0.3) is 5.91 Å². The van der Waals surface area contributed by atoms with Crippen molar-refractivity contribution in [2.24, 2.45) is 5.92 Å². The quantitative estimate of drug-likeness (QED) is 0.314. The number of amides is 1. The maximum Gasteiger partial charge on any atom is 0.280 e. The lowest BCUT2D eigenvalue weighted by atomic mass is 10.1. The number of phenolic OH excluding ortho intramolecular Hbond substituents is 1. The molecule has 4 N–H and O–H groups in total. The monoisotopic (exact) mass is 337 g/mol. The molecule has 0 aliphatic heterocycles. The summed E-state index contributed by atoms with van der Waals surface area (Å²) >= 11 is 0. The van der Waals surface area contributed by atoms with Crippen molar-refractivity contribution in [3.63, 3.8) is 0 Å². The smallest absolute Gasteiger partial charge is 0.280 e. The summed E-state index contributed by atoms with van der Waals surface area (Å²) in [7, 11) is 1.43. The maximum atomic E-state index is 11.9. The zero-order valence-electron chi connectivity index (χ0n) is 14.5. The van der Waals surface area contributed by atoms with Crippen LogP contribution in [-0.4, -0.2) is 34.1 Å². The molecule has 0 bridgehead atoms. The second-order valence-electron chi connectivity index (χ2n) is 6.07. The minimum atomic E-state index is -2.40. The van der Waals surface area contributed by atoms with Crippen LogP contribution in [0.15, 0.2) is 30.4 Å². The first-order valence-corrected chi connectivity index (χ1v) is 8.02. The van der Waals surface area contributed by atoms with E-state index in [1.165, 1.54) is 13.2 Å². The summed E-state index contributed by atoms with van der Waals surface area (Å²) in [6, 6.07) is 4.64. The number of hydrogen-bond acceptors (Lipinski definition) is 5. The minimum absolute atomic E-state index is 0.000641. The molecule has 6 nitrogen and oxygen atoms in total. The van der Waals surface area contributed by atoms with Crippen LogP contribution in [0, 0.1) is 5.92 Å². The van der Waals surface area contributed by atoms with E-state index in [9.17, 15) is 20.1 Å². The average Bonchev–Trinajstić information content (AvgIpc) is 2.52. The molecular weight excluding hydrogens is 310 g/mol. The van der Waals surface area contributed by atoms with Crippen LogP contribution < -0.4 is 10.1 Å². The second-order valence-corrected chi connectivity index (χ2v) is 6.07. The Hall–Kier alpha value is -2.05. The van der Waals surface area contributed by atoms with Gasteiger partial charge in [-0.2, -0.15) is 0 Å². The van der Waals surface area contributed by atoms with Gasteiger partial charge in [0.1, 0.15) is 0 Å². The number of phenols is 1. The Kier molecular flexibility index (Phi) is 7.74. The van der Waals surface area contributed by atoms with Crippen molar-refractivity contribution in [1.29, 1.82) is 0 Å². The Balaban J connectivity index is 2.47. The van der Waals surface area contributed by atoms with Gasteiger partial charge in [-0.25, -0.2) is 0 Å². The lowest BCUT2D eigenvalue weighted by Crippen LogP contribution is -2.46. The van der Waals surface area contributed by atoms with Gasteiger partial charge in [-0.1, -0.05) is 32.1 Å². The van der Waals surface area contributed by atoms with Crippen molar-refractivity contribution in [2.75, 3.05) is 7.11 Å². The third kappa shape index (κ3) is 6.60. The van der Waals surface area contributed by atoms with E-state index in [0.29, 0.717) is 24.3 Å². The first-order valence-electron chi connectivity index (χ1n) is 8.02. The SMILES string of the molecule is COc1cc(CNC(=O)C(O)(O)CCCC=CC(C)C)ccc1O. The number of carbonyl (C=O) groups excluding carboxylic acids is 1. The fraction of sp³-hybridized carbons (Fsp3) is 0.500. The first kappa shape index (κ1) is 20.0. The third-order valence-electron chi connectivity index (χ3n) is 3.48. The molecule has 0 aliphatic carbocycles. The Labute approximate surface area is 142 Å². The highest BCUT2D eigenvalue weighted by molar-refractivity contribution is 5.82. The zero-order valence-corrected chi connectivity index (χ0v) is 14.5. The lowest BCUT2D eigenvalue weighted by Gasteiger charge is -2.20. The molecule has 0 fully saturated rings. The fourth-order valence-corrected chi connectivity index (χ4v) is 2.10. The van der Waals surface area contributed by atoms with Crippen LogP contribution in [0.1, 0.15) is 38.7 Å². The highest BCUT2D eigenvalue weighted by Crippen LogP contribution is 2.26. The van der Waals surface area contributed by atoms with E-state index in [0.717, 1.165) is 0 Å². The molecule has 6 heteroatoms. The Morgan fingerprint density at radius 1 is 1.38 bits per heavy atom. The van der Waals surface area contributed by atoms with Gasteiger partial charge >= 0.3 is 0 Å². The van der Waals surface area contributed by atoms with Crippen molar-refractivity contribution in [3.8, 4) is 11.5 Å². The number of aromatic hydroxyl groups is 1. The van der Waals surface area contributed by atoms with Crippen LogP contribution >= 0.6 is 0 Å². The number of hydrogen-bond donors (Lipinski definition) is 4. The summed E-state index contributed by atoms with van der Waals surface area (Å²) < 4.78 is 4.98. The van der Waals surface area contributed by atoms with Crippen LogP contribution in [-0.2, 0) is 11.3 Å². The third-order valence-corrected chi connectivity index (χ3v) is 3.48. The van der Waals surface area contributed by atoms with Gasteiger partial charge in [0.05, 0.1) is 7.11 Å². The molecule has 0 saturated carbocycles. The van der Waals surface area contributed by atoms with Crippen LogP contribution in [0.2, 0.25) is 0 Å². The summed E-state index contributed by atoms with van der Waals surface area (Å²) in [4.78, 5) is 11.9. The Morgan fingerprint density at radius 2 is 2.08 bits per heavy atom. The predicted octanol–water partition coefficient (Wildman–Crippen LogP) is 2.08. The Morgan fingerprint density at radius 3 is 2.71 bits per heavy atom. The molecule has 0 unspecified atom stereocenters. The van der Waals surface area contributed by atoms with Crippen LogP contribution in [0.5, 0.6) is 11.5 Å². The minimum Gasteiger partial charge on any atom is -0.504 e. The predicted molar refractivity (Wildman–Crippen MR) is 91.5 cm³/mol. The number of carbonyl (C=O) groups is 1. The van der Waals surface area contributed by atoms with Gasteiger partial charge in [0.15, 0.2) is 11.5 Å². The highest BCUT2D eigenvalue weighted by Gasteiger charge is 2.32. The van der Waals surface area contributed by atoms with Crippen molar-refractivity contribution in [3.05, 3.63) is 35.9 Å². The molecule has 134 valence electrons. The van der Waals surface area contributed by atoms with Gasteiger partial charge in [-0.3, -0.25) is 4.79 Å². The lowest BCUT2D eigenvalue weighted by molar-refractivity contribution is -0.187. The van der Waals surface area contributed by atoms with Crippen molar-refractivity contribution >= 4 is 5.91 Å². The molecule has 24 heavy (non-hydrogen) atoms. The molecule has 0 saturated heterocycles. The van der Waals surface area contributed by atoms with Crippen molar-refractivity contribution in [1.82, 2.24) is 5.32 Å². The molecule has 1 amide bonds. The van der Waals surface area contributed by atoms with E-state index >= 15 is 0 Å². The standard InChI is InChI=1S/C18H27NO5/c1-13(2)7-5-4-6-10-18(22,23)17(21)19-12-14-8-9-15(20)16(11-14)24-3/h5,7-9,11,13,20,22-23H,4,6,10,12H2,1-3H3,(H,19,21). The Bertz CT molecular complexity index is 567. The van der Waals surface area contributed by atoms with E-state index in [4.69, 9.17) is 4.74 Å². The largest absolute Gasteiger partial charge is 0.504 e. The fourth-order valence-electron chi connectivity index (χ4n) is 2.10. The molecule has 0 atom stereocenters. The number of nitrogens with one attached hydrogen (secondary N) is 1. The van der Waals surface area contributed by atoms with Crippen LogP contribution in [0.3, 0.4) is 0 Å². The average molecular weight is 337 g/mol. The van der Waals surface area contributed by atoms with Crippen LogP contribution in [0.4, 0.5) is 0 Å². The molecule has 0 radical (unpaired) electrons. The van der Waals surface area contributed by atoms with E-state index in [-0.39, 0.29) is 24.5 Å². The second kappa shape index (κ2) is 9.30.